The van der Waals surface area contributed by atoms with Gasteiger partial charge in [-0.05, 0) is 81.6 Å². The van der Waals surface area contributed by atoms with Crippen molar-refractivity contribution in [3.05, 3.63) is 77.9 Å². The second kappa shape index (κ2) is 9.49. The molecule has 0 saturated heterocycles. The minimum Gasteiger partial charge on any atom is -0.497 e. The number of hydrogen-bond acceptors (Lipinski definition) is 3. The summed E-state index contributed by atoms with van der Waals surface area (Å²) in [6.07, 6.45) is 0.573. The number of methoxy groups -OCH3 is 1. The zero-order chi connectivity index (χ0) is 23.4. The fraction of sp³-hybridized carbons (Fsp3) is 0.345. The van der Waals surface area contributed by atoms with E-state index in [2.05, 4.69) is 36.1 Å². The molecule has 0 heterocycles. The molecule has 0 aliphatic heterocycles. The number of carbonyl (C=O) groups excluding carboxylic acids is 1. The van der Waals surface area contributed by atoms with Gasteiger partial charge in [0.2, 0.25) is 0 Å². The molecule has 0 saturated carbocycles. The highest BCUT2D eigenvalue weighted by Gasteiger charge is 2.35. The molecule has 0 spiro atoms. The molecule has 0 N–H and O–H groups in total. The van der Waals surface area contributed by atoms with Crippen molar-refractivity contribution in [2.75, 3.05) is 7.11 Å². The summed E-state index contributed by atoms with van der Waals surface area (Å²) in [5, 5.41) is 2.23. The summed E-state index contributed by atoms with van der Waals surface area (Å²) in [6.45, 7) is 9.55. The fourth-order valence-corrected chi connectivity index (χ4v) is 3.55. The average molecular weight is 429 g/mol. The lowest BCUT2D eigenvalue weighted by Crippen LogP contribution is -2.34. The first-order chi connectivity index (χ1) is 15.1. The van der Waals surface area contributed by atoms with Gasteiger partial charge in [0.25, 0.3) is 0 Å². The normalized spacial score (nSPS) is 12.6. The Morgan fingerprint density at radius 3 is 2.22 bits per heavy atom. The van der Waals surface area contributed by atoms with Crippen LogP contribution < -0.4 is 4.74 Å². The Balaban J connectivity index is 1.90. The van der Waals surface area contributed by atoms with E-state index in [9.17, 15) is 4.79 Å². The van der Waals surface area contributed by atoms with E-state index in [0.717, 1.165) is 27.6 Å². The highest BCUT2D eigenvalue weighted by atomic mass is 16.6. The molecule has 0 unspecified atom stereocenters. The fourth-order valence-electron chi connectivity index (χ4n) is 3.55. The van der Waals surface area contributed by atoms with Crippen LogP contribution in [0.5, 0.6) is 5.75 Å². The van der Waals surface area contributed by atoms with Crippen LogP contribution in [0, 0.1) is 17.3 Å². The predicted octanol–water partition coefficient (Wildman–Crippen LogP) is 6.74. The summed E-state index contributed by atoms with van der Waals surface area (Å²) < 4.78 is 11.0. The van der Waals surface area contributed by atoms with E-state index in [0.29, 0.717) is 6.42 Å². The summed E-state index contributed by atoms with van der Waals surface area (Å²) in [5.41, 5.74) is 0.860. The lowest BCUT2D eigenvalue weighted by atomic mass is 9.80. The maximum absolute atomic E-state index is 12.8. The van der Waals surface area contributed by atoms with Crippen molar-refractivity contribution in [1.29, 1.82) is 0 Å². The molecule has 32 heavy (non-hydrogen) atoms. The Morgan fingerprint density at radius 1 is 0.906 bits per heavy atom. The average Bonchev–Trinajstić information content (AvgIpc) is 2.75. The van der Waals surface area contributed by atoms with Gasteiger partial charge in [0.05, 0.1) is 12.5 Å². The molecule has 3 aromatic carbocycles. The molecule has 3 nitrogen and oxygen atoms in total. The number of esters is 1. The van der Waals surface area contributed by atoms with Crippen LogP contribution in [0.1, 0.15) is 58.1 Å². The highest BCUT2D eigenvalue weighted by molar-refractivity contribution is 5.85. The van der Waals surface area contributed by atoms with Crippen molar-refractivity contribution in [3.63, 3.8) is 0 Å². The molecule has 0 bridgehead atoms. The van der Waals surface area contributed by atoms with Gasteiger partial charge in [-0.15, -0.1) is 0 Å². The second-order valence-corrected chi connectivity index (χ2v) is 9.75. The zero-order valence-electron chi connectivity index (χ0n) is 19.9. The maximum atomic E-state index is 12.8. The second-order valence-electron chi connectivity index (χ2n) is 9.75. The molecule has 0 aliphatic rings. The number of rotatable bonds is 5. The summed E-state index contributed by atoms with van der Waals surface area (Å²) in [7, 11) is 1.67. The van der Waals surface area contributed by atoms with E-state index in [1.165, 1.54) is 0 Å². The van der Waals surface area contributed by atoms with E-state index in [1.54, 1.807) is 7.11 Å². The Bertz CT molecular complexity index is 1140. The Morgan fingerprint density at radius 2 is 1.56 bits per heavy atom. The predicted molar refractivity (Wildman–Crippen MR) is 131 cm³/mol. The van der Waals surface area contributed by atoms with Crippen molar-refractivity contribution < 1.29 is 14.3 Å². The van der Waals surface area contributed by atoms with Gasteiger partial charge < -0.3 is 9.47 Å². The minimum absolute atomic E-state index is 0.0923. The van der Waals surface area contributed by atoms with Crippen LogP contribution in [0.3, 0.4) is 0 Å². The Kier molecular flexibility index (Phi) is 6.94. The van der Waals surface area contributed by atoms with Gasteiger partial charge in [0.15, 0.2) is 0 Å². The molecule has 1 atom stereocenters. The number of benzene rings is 3. The summed E-state index contributed by atoms with van der Waals surface area (Å²) in [5.74, 6) is 7.32. The van der Waals surface area contributed by atoms with Crippen molar-refractivity contribution in [2.24, 2.45) is 5.41 Å². The van der Waals surface area contributed by atoms with Gasteiger partial charge in [-0.1, -0.05) is 54.3 Å². The van der Waals surface area contributed by atoms with Crippen LogP contribution >= 0.6 is 0 Å². The van der Waals surface area contributed by atoms with E-state index in [4.69, 9.17) is 9.47 Å². The lowest BCUT2D eigenvalue weighted by molar-refractivity contribution is -0.166. The number of hydrogen-bond donors (Lipinski definition) is 0. The van der Waals surface area contributed by atoms with Crippen molar-refractivity contribution in [1.82, 2.24) is 0 Å². The van der Waals surface area contributed by atoms with E-state index in [1.807, 2.05) is 77.1 Å². The first-order valence-electron chi connectivity index (χ1n) is 11.0. The highest BCUT2D eigenvalue weighted by Crippen LogP contribution is 2.34. The Labute approximate surface area is 191 Å². The summed E-state index contributed by atoms with van der Waals surface area (Å²) in [6, 6.07) is 22.3. The topological polar surface area (TPSA) is 35.5 Å². The van der Waals surface area contributed by atoms with Gasteiger partial charge in [-0.25, -0.2) is 0 Å². The minimum atomic E-state index is -0.664. The van der Waals surface area contributed by atoms with Gasteiger partial charge in [0.1, 0.15) is 11.4 Å². The molecular weight excluding hydrogens is 396 g/mol. The van der Waals surface area contributed by atoms with Gasteiger partial charge in [-0.3, -0.25) is 4.79 Å². The molecule has 0 amide bonds. The third-order valence-corrected chi connectivity index (χ3v) is 5.31. The van der Waals surface area contributed by atoms with Crippen LogP contribution in [-0.2, 0) is 9.53 Å². The largest absolute Gasteiger partial charge is 0.497 e. The van der Waals surface area contributed by atoms with Gasteiger partial charge in [0, 0.05) is 11.5 Å². The summed E-state index contributed by atoms with van der Waals surface area (Å²) in [4.78, 5) is 12.8. The van der Waals surface area contributed by atoms with Crippen molar-refractivity contribution >= 4 is 16.7 Å². The molecule has 166 valence electrons. The lowest BCUT2D eigenvalue weighted by Gasteiger charge is -2.30. The van der Waals surface area contributed by atoms with Crippen LogP contribution in [0.15, 0.2) is 66.7 Å². The molecular formula is C29H32O3. The first kappa shape index (κ1) is 23.4. The first-order valence-corrected chi connectivity index (χ1v) is 11.0. The quantitative estimate of drug-likeness (QED) is 0.333. The zero-order valence-corrected chi connectivity index (χ0v) is 19.9. The van der Waals surface area contributed by atoms with Gasteiger partial charge >= 0.3 is 5.97 Å². The van der Waals surface area contributed by atoms with E-state index >= 15 is 0 Å². The van der Waals surface area contributed by atoms with Gasteiger partial charge in [-0.2, -0.15) is 0 Å². The monoisotopic (exact) mass is 428 g/mol. The number of ether oxygens (including phenoxy) is 2. The van der Waals surface area contributed by atoms with Crippen LogP contribution in [0.25, 0.3) is 10.8 Å². The molecule has 0 aromatic heterocycles. The van der Waals surface area contributed by atoms with Crippen molar-refractivity contribution in [2.45, 2.75) is 52.6 Å². The summed E-state index contributed by atoms with van der Waals surface area (Å²) >= 11 is 0. The van der Waals surface area contributed by atoms with E-state index in [-0.39, 0.29) is 11.9 Å². The molecule has 3 heteroatoms. The van der Waals surface area contributed by atoms with Crippen LogP contribution in [0.2, 0.25) is 0 Å². The smallest absolute Gasteiger partial charge is 0.312 e. The molecule has 0 fully saturated rings. The van der Waals surface area contributed by atoms with Crippen LogP contribution in [0.4, 0.5) is 0 Å². The SMILES string of the molecule is COc1ccc2cc(C#C[C@H](CC(C)(C)C(=O)OC(C)(C)C)c3ccccc3)ccc2c1. The Hall–Kier alpha value is -3.25. The third-order valence-electron chi connectivity index (χ3n) is 5.31. The van der Waals surface area contributed by atoms with Crippen molar-refractivity contribution in [3.8, 4) is 17.6 Å². The molecule has 3 rings (SSSR count). The molecule has 0 radical (unpaired) electrons. The van der Waals surface area contributed by atoms with Crippen LogP contribution in [-0.4, -0.2) is 18.7 Å². The number of carbonyl (C=O) groups is 1. The maximum Gasteiger partial charge on any atom is 0.312 e. The standard InChI is InChI=1S/C29H32O3/c1-28(2,3)32-27(30)29(4,5)20-25(22-10-8-7-9-11-22)15-13-21-12-14-24-19-26(31-6)17-16-23(24)18-21/h7-12,14,16-19,25H,20H2,1-6H3/t25-/m1/s1. The molecule has 0 aliphatic carbocycles. The van der Waals surface area contributed by atoms with E-state index < -0.39 is 11.0 Å². The molecule has 3 aromatic rings. The third kappa shape index (κ3) is 6.14. The number of fused-ring (bicyclic) bond motifs is 1.